The molecule has 0 unspecified atom stereocenters. The molecule has 1 aliphatic heterocycles. The molecule has 2 aromatic rings. The van der Waals surface area contributed by atoms with Gasteiger partial charge in [-0.25, -0.2) is 0 Å². The molecule has 0 aliphatic carbocycles. The van der Waals surface area contributed by atoms with Crippen LogP contribution in [0.15, 0.2) is 41.8 Å². The third-order valence-electron chi connectivity index (χ3n) is 4.60. The van der Waals surface area contributed by atoms with E-state index in [1.165, 1.54) is 16.2 Å². The lowest BCUT2D eigenvalue weighted by Crippen LogP contribution is -2.37. The van der Waals surface area contributed by atoms with E-state index in [0.717, 1.165) is 10.4 Å². The number of carbonyl (C=O) groups excluding carboxylic acids is 3. The number of hydrogen-bond donors (Lipinski definition) is 1. The normalized spacial score (nSPS) is 19.1. The summed E-state index contributed by atoms with van der Waals surface area (Å²) in [7, 11) is 0. The molecule has 1 N–H and O–H groups in total. The first-order valence-corrected chi connectivity index (χ1v) is 9.96. The highest BCUT2D eigenvalue weighted by Crippen LogP contribution is 2.43. The van der Waals surface area contributed by atoms with Gasteiger partial charge in [0.2, 0.25) is 5.91 Å². The fourth-order valence-corrected chi connectivity index (χ4v) is 4.11. The fourth-order valence-electron chi connectivity index (χ4n) is 3.23. The third kappa shape index (κ3) is 5.18. The summed E-state index contributed by atoms with van der Waals surface area (Å²) in [5.41, 5.74) is 1.64. The van der Waals surface area contributed by atoms with E-state index in [0.29, 0.717) is 5.69 Å². The first-order chi connectivity index (χ1) is 14.2. The van der Waals surface area contributed by atoms with Crippen LogP contribution in [0.5, 0.6) is 0 Å². The number of hydrogen-bond acceptors (Lipinski definition) is 5. The van der Waals surface area contributed by atoms with Crippen molar-refractivity contribution in [1.29, 1.82) is 0 Å². The van der Waals surface area contributed by atoms with Gasteiger partial charge in [-0.3, -0.25) is 14.4 Å². The Bertz CT molecular complexity index is 913. The van der Waals surface area contributed by atoms with Crippen molar-refractivity contribution >= 4 is 34.8 Å². The number of halogens is 3. The van der Waals surface area contributed by atoms with Gasteiger partial charge in [-0.2, -0.15) is 13.2 Å². The van der Waals surface area contributed by atoms with E-state index in [-0.39, 0.29) is 12.3 Å². The van der Waals surface area contributed by atoms with Crippen LogP contribution in [-0.4, -0.2) is 37.1 Å². The maximum atomic E-state index is 12.7. The van der Waals surface area contributed by atoms with Gasteiger partial charge in [-0.15, -0.1) is 11.3 Å². The van der Waals surface area contributed by atoms with Gasteiger partial charge in [-0.05, 0) is 30.5 Å². The molecule has 160 valence electrons. The van der Waals surface area contributed by atoms with Crippen LogP contribution in [0.2, 0.25) is 0 Å². The summed E-state index contributed by atoms with van der Waals surface area (Å²) in [6.45, 7) is -0.443. The highest BCUT2D eigenvalue weighted by atomic mass is 32.1. The molecule has 2 heterocycles. The highest BCUT2D eigenvalue weighted by molar-refractivity contribution is 7.10. The molecule has 1 aliphatic rings. The number of esters is 1. The quantitative estimate of drug-likeness (QED) is 0.699. The van der Waals surface area contributed by atoms with Crippen LogP contribution in [-0.2, 0) is 19.1 Å². The van der Waals surface area contributed by atoms with Crippen LogP contribution in [0.1, 0.15) is 22.9 Å². The maximum absolute atomic E-state index is 12.7. The lowest BCUT2D eigenvalue weighted by molar-refractivity contribution is -0.155. The van der Waals surface area contributed by atoms with E-state index in [2.05, 4.69) is 0 Å². The Hall–Kier alpha value is -2.88. The molecule has 30 heavy (non-hydrogen) atoms. The number of anilines is 1. The molecule has 10 heteroatoms. The van der Waals surface area contributed by atoms with Crippen LogP contribution in [0.4, 0.5) is 18.9 Å². The molecular weight excluding hydrogens is 421 g/mol. The predicted octanol–water partition coefficient (Wildman–Crippen LogP) is 3.37. The zero-order valence-corrected chi connectivity index (χ0v) is 16.8. The molecule has 1 fully saturated rings. The van der Waals surface area contributed by atoms with Gasteiger partial charge < -0.3 is 15.0 Å². The smallest absolute Gasteiger partial charge is 0.405 e. The van der Waals surface area contributed by atoms with Crippen LogP contribution in [0, 0.1) is 12.8 Å². The van der Waals surface area contributed by atoms with Crippen LogP contribution in [0.3, 0.4) is 0 Å². The number of amides is 2. The van der Waals surface area contributed by atoms with Crippen LogP contribution in [0.25, 0.3) is 0 Å². The molecule has 0 bridgehead atoms. The highest BCUT2D eigenvalue weighted by Gasteiger charge is 2.46. The molecule has 0 spiro atoms. The first kappa shape index (κ1) is 21.8. The van der Waals surface area contributed by atoms with Gasteiger partial charge in [0, 0.05) is 17.0 Å². The fraction of sp³-hybridized carbons (Fsp3) is 0.350. The van der Waals surface area contributed by atoms with Gasteiger partial charge in [0.1, 0.15) is 6.54 Å². The zero-order valence-electron chi connectivity index (χ0n) is 15.9. The summed E-state index contributed by atoms with van der Waals surface area (Å²) in [4.78, 5) is 39.2. The Morgan fingerprint density at radius 3 is 2.53 bits per heavy atom. The molecule has 1 aromatic carbocycles. The number of alkyl halides is 3. The number of ether oxygens (including phenoxy) is 1. The van der Waals surface area contributed by atoms with Gasteiger partial charge in [-0.1, -0.05) is 23.8 Å². The predicted molar refractivity (Wildman–Crippen MR) is 104 cm³/mol. The standard InChI is InChI=1S/C20H19F3N2O4S/c1-12-4-6-13(7-5-12)25-17(27)9-14(18(25)15-3-2-8-30-15)19(28)29-10-16(26)24-11-20(21,22)23/h2-8,14,18H,9-11H2,1H3,(H,24,26)/t14-,18+/m1/s1. The van der Waals surface area contributed by atoms with Crippen molar-refractivity contribution in [3.05, 3.63) is 52.2 Å². The number of aryl methyl sites for hydroxylation is 1. The Labute approximate surface area is 174 Å². The second-order valence-electron chi connectivity index (χ2n) is 6.87. The molecule has 3 rings (SSSR count). The van der Waals surface area contributed by atoms with Crippen molar-refractivity contribution in [2.75, 3.05) is 18.1 Å². The van der Waals surface area contributed by atoms with Gasteiger partial charge in [0.05, 0.1) is 12.0 Å². The topological polar surface area (TPSA) is 75.7 Å². The van der Waals surface area contributed by atoms with Gasteiger partial charge >= 0.3 is 12.1 Å². The minimum Gasteiger partial charge on any atom is -0.455 e. The minimum atomic E-state index is -4.56. The molecule has 0 saturated carbocycles. The van der Waals surface area contributed by atoms with Crippen molar-refractivity contribution in [1.82, 2.24) is 5.32 Å². The third-order valence-corrected chi connectivity index (χ3v) is 5.55. The van der Waals surface area contributed by atoms with Crippen molar-refractivity contribution in [3.63, 3.8) is 0 Å². The summed E-state index contributed by atoms with van der Waals surface area (Å²) in [6, 6.07) is 10.2. The second kappa shape index (κ2) is 8.86. The zero-order chi connectivity index (χ0) is 21.9. The van der Waals surface area contributed by atoms with E-state index in [9.17, 15) is 27.6 Å². The number of carbonyl (C=O) groups is 3. The van der Waals surface area contributed by atoms with Crippen molar-refractivity contribution < 1.29 is 32.3 Å². The Kier molecular flexibility index (Phi) is 6.45. The lowest BCUT2D eigenvalue weighted by Gasteiger charge is -2.27. The van der Waals surface area contributed by atoms with Crippen molar-refractivity contribution in [3.8, 4) is 0 Å². The van der Waals surface area contributed by atoms with Crippen molar-refractivity contribution in [2.45, 2.75) is 25.6 Å². The molecule has 6 nitrogen and oxygen atoms in total. The number of benzene rings is 1. The Morgan fingerprint density at radius 1 is 1.23 bits per heavy atom. The average Bonchev–Trinajstić information content (AvgIpc) is 3.32. The monoisotopic (exact) mass is 440 g/mol. The maximum Gasteiger partial charge on any atom is 0.405 e. The van der Waals surface area contributed by atoms with Gasteiger partial charge in [0.15, 0.2) is 6.61 Å². The molecule has 0 radical (unpaired) electrons. The largest absolute Gasteiger partial charge is 0.455 e. The molecular formula is C20H19F3N2O4S. The minimum absolute atomic E-state index is 0.126. The van der Waals surface area contributed by atoms with E-state index in [4.69, 9.17) is 4.74 Å². The Morgan fingerprint density at radius 2 is 1.93 bits per heavy atom. The average molecular weight is 440 g/mol. The summed E-state index contributed by atoms with van der Waals surface area (Å²) in [5.74, 6) is -3.03. The van der Waals surface area contributed by atoms with Crippen molar-refractivity contribution in [2.24, 2.45) is 5.92 Å². The summed E-state index contributed by atoms with van der Waals surface area (Å²) < 4.78 is 41.5. The Balaban J connectivity index is 1.75. The van der Waals surface area contributed by atoms with E-state index < -0.39 is 43.2 Å². The number of rotatable bonds is 6. The van der Waals surface area contributed by atoms with E-state index >= 15 is 0 Å². The SMILES string of the molecule is Cc1ccc(N2C(=O)C[C@@H](C(=O)OCC(=O)NCC(F)(F)F)[C@H]2c2cccs2)cc1. The first-order valence-electron chi connectivity index (χ1n) is 9.08. The van der Waals surface area contributed by atoms with Gasteiger partial charge in [0.25, 0.3) is 5.91 Å². The molecule has 1 saturated heterocycles. The van der Waals surface area contributed by atoms with Crippen LogP contribution >= 0.6 is 11.3 Å². The molecule has 2 atom stereocenters. The number of thiophene rings is 1. The summed E-state index contributed by atoms with van der Waals surface area (Å²) in [6.07, 6.45) is -4.68. The number of nitrogens with zero attached hydrogens (tertiary/aromatic N) is 1. The summed E-state index contributed by atoms with van der Waals surface area (Å²) >= 11 is 1.37. The summed E-state index contributed by atoms with van der Waals surface area (Å²) in [5, 5.41) is 3.46. The van der Waals surface area contributed by atoms with Crippen LogP contribution < -0.4 is 10.2 Å². The number of nitrogens with one attached hydrogen (secondary N) is 1. The lowest BCUT2D eigenvalue weighted by atomic mass is 9.99. The molecule has 1 aromatic heterocycles. The van der Waals surface area contributed by atoms with E-state index in [1.807, 2.05) is 24.4 Å². The second-order valence-corrected chi connectivity index (χ2v) is 7.85. The molecule has 2 amide bonds. The van der Waals surface area contributed by atoms with E-state index in [1.54, 1.807) is 29.6 Å².